The van der Waals surface area contributed by atoms with Gasteiger partial charge in [-0.25, -0.2) is 8.42 Å². The number of amides is 1. The first-order valence-electron chi connectivity index (χ1n) is 18.3. The monoisotopic (exact) mass is 750 g/mol. The van der Waals surface area contributed by atoms with E-state index < -0.39 is 33.5 Å². The fourth-order valence-corrected chi connectivity index (χ4v) is 11.0. The zero-order valence-electron chi connectivity index (χ0n) is 29.5. The summed E-state index contributed by atoms with van der Waals surface area (Å²) < 4.78 is 79.5. The molecule has 280 valence electrons. The zero-order valence-corrected chi connectivity index (χ0v) is 30.3. The quantitative estimate of drug-likeness (QED) is 0.203. The summed E-state index contributed by atoms with van der Waals surface area (Å²) in [5.41, 5.74) is 3.97. The van der Waals surface area contributed by atoms with Crippen molar-refractivity contribution in [1.82, 2.24) is 25.1 Å². The maximum absolute atomic E-state index is 14.1. The number of rotatable bonds is 8. The Kier molecular flexibility index (Phi) is 7.82. The molecule has 53 heavy (non-hydrogen) atoms. The second-order valence-electron chi connectivity index (χ2n) is 15.8. The Bertz CT molecular complexity index is 2270. The lowest BCUT2D eigenvalue weighted by Crippen LogP contribution is -2.61. The number of piperidine rings is 1. The first kappa shape index (κ1) is 34.4. The number of anilines is 1. The van der Waals surface area contributed by atoms with Gasteiger partial charge >= 0.3 is 12.2 Å². The van der Waals surface area contributed by atoms with Gasteiger partial charge in [0.1, 0.15) is 17.4 Å². The van der Waals surface area contributed by atoms with Crippen LogP contribution in [0.15, 0.2) is 37.1 Å². The number of H-pyrrole nitrogens is 1. The number of likely N-dealkylation sites (tertiary alicyclic amines) is 1. The van der Waals surface area contributed by atoms with Crippen molar-refractivity contribution >= 4 is 43.4 Å². The summed E-state index contributed by atoms with van der Waals surface area (Å²) in [6.07, 6.45) is 3.07. The molecular weight excluding hydrogens is 710 g/mol. The second kappa shape index (κ2) is 12.1. The van der Waals surface area contributed by atoms with Gasteiger partial charge < -0.3 is 19.3 Å². The number of benzene rings is 2. The number of nitrogens with one attached hydrogen (secondary N) is 1. The van der Waals surface area contributed by atoms with Crippen LogP contribution < -0.4 is 14.4 Å². The van der Waals surface area contributed by atoms with E-state index in [1.807, 2.05) is 25.1 Å². The van der Waals surface area contributed by atoms with Crippen LogP contribution in [0.25, 0.3) is 32.9 Å². The SMILES string of the molecule is C=CC(=O)N1CC2(CCN(c3nc(OC4CCS(=O)(=O)C5(CC5)C4)nc4c(OCC(F)(F)F)c(-c5c(C)ccc6[nH]ncc56)c(C5CC5)cc34)CC2)C1. The number of aromatic nitrogens is 4. The molecule has 3 saturated heterocycles. The molecule has 2 spiro atoms. The standard InChI is InChI=1S/C38H41F3N6O5S/c1-3-29(48)47-19-36(20-47)11-13-46(14-12-36)34-26-16-25(23-5-6-23)31(30-22(2)4-7-28-27(30)18-42-45-28)33(51-21-38(39,40)41)32(26)43-35(44-34)52-24-8-15-53(49,50)37(17-24)9-10-37/h3-4,7,16,18,23-24H,1,5-6,8-15,17,19-21H2,2H3,(H,42,45). The Hall–Kier alpha value is -4.40. The van der Waals surface area contributed by atoms with Crippen LogP contribution in [-0.4, -0.2) is 95.0 Å². The molecule has 1 amide bonds. The highest BCUT2D eigenvalue weighted by Crippen LogP contribution is 2.54. The minimum absolute atomic E-state index is 0.000506. The van der Waals surface area contributed by atoms with Crippen LogP contribution in [0, 0.1) is 12.3 Å². The lowest BCUT2D eigenvalue weighted by atomic mass is 9.72. The maximum atomic E-state index is 14.1. The predicted molar refractivity (Wildman–Crippen MR) is 193 cm³/mol. The fourth-order valence-electron chi connectivity index (χ4n) is 8.85. The zero-order chi connectivity index (χ0) is 36.9. The number of aromatic amines is 1. The number of halogens is 3. The molecule has 0 bridgehead atoms. The highest BCUT2D eigenvalue weighted by molar-refractivity contribution is 7.93. The Morgan fingerprint density at radius 2 is 1.83 bits per heavy atom. The van der Waals surface area contributed by atoms with Crippen molar-refractivity contribution in [2.45, 2.75) is 81.2 Å². The minimum Gasteiger partial charge on any atom is -0.481 e. The van der Waals surface area contributed by atoms with Crippen molar-refractivity contribution in [2.24, 2.45) is 5.41 Å². The van der Waals surface area contributed by atoms with Gasteiger partial charge in [0.2, 0.25) is 5.91 Å². The third-order valence-electron chi connectivity index (χ3n) is 12.1. The summed E-state index contributed by atoms with van der Waals surface area (Å²) >= 11 is 0. The van der Waals surface area contributed by atoms with E-state index in [0.29, 0.717) is 62.2 Å². The normalized spacial score (nSPS) is 23.0. The van der Waals surface area contributed by atoms with E-state index in [1.54, 1.807) is 11.1 Å². The average Bonchev–Trinajstić information content (AvgIpc) is 4.05. The number of carbonyl (C=O) groups excluding carboxylic acids is 1. The molecule has 2 saturated carbocycles. The van der Waals surface area contributed by atoms with Crippen molar-refractivity contribution in [1.29, 1.82) is 0 Å². The van der Waals surface area contributed by atoms with Gasteiger partial charge in [0.25, 0.3) is 0 Å². The number of alkyl halides is 3. The Labute approximate surface area is 304 Å². The largest absolute Gasteiger partial charge is 0.481 e. The number of aryl methyl sites for hydroxylation is 1. The van der Waals surface area contributed by atoms with Crippen LogP contribution in [-0.2, 0) is 14.6 Å². The van der Waals surface area contributed by atoms with Crippen molar-refractivity contribution in [2.75, 3.05) is 43.4 Å². The molecular formula is C38H41F3N6O5S. The van der Waals surface area contributed by atoms with Crippen molar-refractivity contribution < 1.29 is 35.9 Å². The van der Waals surface area contributed by atoms with Gasteiger partial charge in [0.15, 0.2) is 22.2 Å². The number of carbonyl (C=O) groups is 1. The number of hydrogen-bond donors (Lipinski definition) is 1. The molecule has 1 atom stereocenters. The van der Waals surface area contributed by atoms with Crippen molar-refractivity contribution in [3.05, 3.63) is 48.2 Å². The molecule has 15 heteroatoms. The molecule has 5 aliphatic rings. The van der Waals surface area contributed by atoms with E-state index in [-0.39, 0.29) is 46.7 Å². The molecule has 3 aliphatic heterocycles. The topological polar surface area (TPSA) is 131 Å². The molecule has 5 heterocycles. The maximum Gasteiger partial charge on any atom is 0.422 e. The summed E-state index contributed by atoms with van der Waals surface area (Å²) in [6.45, 7) is 6.55. The van der Waals surface area contributed by atoms with Crippen LogP contribution in [0.3, 0.4) is 0 Å². The molecule has 4 aromatic rings. The molecule has 1 N–H and O–H groups in total. The van der Waals surface area contributed by atoms with Gasteiger partial charge in [-0.05, 0) is 92.7 Å². The lowest BCUT2D eigenvalue weighted by Gasteiger charge is -2.54. The van der Waals surface area contributed by atoms with E-state index in [0.717, 1.165) is 53.3 Å². The molecule has 0 radical (unpaired) electrons. The van der Waals surface area contributed by atoms with Gasteiger partial charge in [0.05, 0.1) is 22.2 Å². The summed E-state index contributed by atoms with van der Waals surface area (Å²) in [5.74, 6) is 0.593. The van der Waals surface area contributed by atoms with Gasteiger partial charge in [-0.2, -0.15) is 28.2 Å². The number of nitrogens with zero attached hydrogens (tertiary/aromatic N) is 5. The summed E-state index contributed by atoms with van der Waals surface area (Å²) in [5, 5.41) is 8.59. The third-order valence-corrected chi connectivity index (χ3v) is 14.8. The Morgan fingerprint density at radius 1 is 1.08 bits per heavy atom. The van der Waals surface area contributed by atoms with Gasteiger partial charge in [0, 0.05) is 54.4 Å². The first-order chi connectivity index (χ1) is 25.3. The van der Waals surface area contributed by atoms with Crippen LogP contribution in [0.1, 0.15) is 68.4 Å². The second-order valence-corrected chi connectivity index (χ2v) is 18.3. The van der Waals surface area contributed by atoms with Crippen LogP contribution in [0.2, 0.25) is 0 Å². The predicted octanol–water partition coefficient (Wildman–Crippen LogP) is 6.40. The molecule has 2 aliphatic carbocycles. The molecule has 1 unspecified atom stereocenters. The van der Waals surface area contributed by atoms with E-state index in [2.05, 4.69) is 21.7 Å². The third kappa shape index (κ3) is 5.98. The van der Waals surface area contributed by atoms with E-state index in [9.17, 15) is 26.4 Å². The molecule has 11 nitrogen and oxygen atoms in total. The number of hydrogen-bond acceptors (Lipinski definition) is 9. The molecule has 2 aromatic carbocycles. The van der Waals surface area contributed by atoms with Crippen LogP contribution >= 0.6 is 0 Å². The van der Waals surface area contributed by atoms with Gasteiger partial charge in [-0.1, -0.05) is 12.6 Å². The van der Waals surface area contributed by atoms with E-state index >= 15 is 0 Å². The minimum atomic E-state index is -4.62. The summed E-state index contributed by atoms with van der Waals surface area (Å²) in [7, 11) is -3.24. The lowest BCUT2D eigenvalue weighted by molar-refractivity contribution is -0.153. The number of sulfone groups is 1. The first-order valence-corrected chi connectivity index (χ1v) is 20.0. The van der Waals surface area contributed by atoms with Crippen molar-refractivity contribution in [3.8, 4) is 22.9 Å². The highest BCUT2D eigenvalue weighted by atomic mass is 32.2. The summed E-state index contributed by atoms with van der Waals surface area (Å²) in [4.78, 5) is 26.0. The van der Waals surface area contributed by atoms with Gasteiger partial charge in [-0.3, -0.25) is 9.89 Å². The molecule has 5 fully saturated rings. The fraction of sp³-hybridized carbons (Fsp3) is 0.526. The van der Waals surface area contributed by atoms with E-state index in [4.69, 9.17) is 19.4 Å². The van der Waals surface area contributed by atoms with Crippen molar-refractivity contribution in [3.63, 3.8) is 0 Å². The van der Waals surface area contributed by atoms with E-state index in [1.165, 1.54) is 6.08 Å². The average molecular weight is 751 g/mol. The number of ether oxygens (including phenoxy) is 2. The highest BCUT2D eigenvalue weighted by Gasteiger charge is 2.58. The van der Waals surface area contributed by atoms with Gasteiger partial charge in [-0.15, -0.1) is 0 Å². The smallest absolute Gasteiger partial charge is 0.422 e. The molecule has 2 aromatic heterocycles. The Balaban J connectivity index is 1.20. The van der Waals surface area contributed by atoms with Crippen LogP contribution in [0.5, 0.6) is 11.8 Å². The molecule has 9 rings (SSSR count). The van der Waals surface area contributed by atoms with Crippen LogP contribution in [0.4, 0.5) is 19.0 Å². The number of fused-ring (bicyclic) bond motifs is 2. The Morgan fingerprint density at radius 3 is 2.51 bits per heavy atom. The summed E-state index contributed by atoms with van der Waals surface area (Å²) in [6, 6.07) is 5.84.